The molecule has 2 aromatic heterocycles. The van der Waals surface area contributed by atoms with E-state index in [9.17, 15) is 9.59 Å². The highest BCUT2D eigenvalue weighted by molar-refractivity contribution is 6.02. The second kappa shape index (κ2) is 7.65. The van der Waals surface area contributed by atoms with Crippen molar-refractivity contribution >= 4 is 17.6 Å². The molecule has 8 heteroatoms. The van der Waals surface area contributed by atoms with Gasteiger partial charge in [-0.2, -0.15) is 0 Å². The molecule has 2 aromatic rings. The highest BCUT2D eigenvalue weighted by atomic mass is 16.5. The third-order valence-corrected chi connectivity index (χ3v) is 4.72. The van der Waals surface area contributed by atoms with E-state index in [4.69, 9.17) is 4.74 Å². The number of ether oxygens (including phenoxy) is 1. The van der Waals surface area contributed by atoms with Gasteiger partial charge >= 0.3 is 5.97 Å². The molecule has 1 N–H and O–H groups in total. The molecule has 0 saturated carbocycles. The fraction of sp³-hybridized carbons (Fsp3) is 0.444. The van der Waals surface area contributed by atoms with Crippen molar-refractivity contribution in [2.45, 2.75) is 13.8 Å². The van der Waals surface area contributed by atoms with Gasteiger partial charge in [-0.05, 0) is 19.4 Å². The van der Waals surface area contributed by atoms with E-state index in [1.54, 1.807) is 32.4 Å². The lowest BCUT2D eigenvalue weighted by atomic mass is 10.1. The summed E-state index contributed by atoms with van der Waals surface area (Å²) in [7, 11) is 1.34. The summed E-state index contributed by atoms with van der Waals surface area (Å²) in [4.78, 5) is 40.3. The molecule has 0 unspecified atom stereocenters. The normalized spacial score (nSPS) is 15.1. The van der Waals surface area contributed by atoms with Crippen molar-refractivity contribution in [2.24, 2.45) is 0 Å². The fourth-order valence-corrected chi connectivity index (χ4v) is 3.31. The molecule has 8 nitrogen and oxygen atoms in total. The quantitative estimate of drug-likeness (QED) is 0.635. The van der Waals surface area contributed by atoms with Crippen LogP contribution in [0.4, 0.5) is 5.82 Å². The number of nitrogens with zero attached hydrogens (tertiary/aromatic N) is 4. The van der Waals surface area contributed by atoms with Gasteiger partial charge in [0.2, 0.25) is 0 Å². The number of esters is 1. The van der Waals surface area contributed by atoms with Crippen molar-refractivity contribution < 1.29 is 14.3 Å². The average Bonchev–Trinajstić information content (AvgIpc) is 2.97. The van der Waals surface area contributed by atoms with Crippen molar-refractivity contribution in [1.82, 2.24) is 19.9 Å². The summed E-state index contributed by atoms with van der Waals surface area (Å²) in [5.41, 5.74) is 2.24. The number of aromatic nitrogens is 3. The van der Waals surface area contributed by atoms with E-state index < -0.39 is 5.97 Å². The first-order valence-electron chi connectivity index (χ1n) is 8.55. The van der Waals surface area contributed by atoms with Crippen LogP contribution in [0.2, 0.25) is 0 Å². The molecule has 1 aliphatic heterocycles. The number of methoxy groups -OCH3 is 1. The maximum absolute atomic E-state index is 12.7. The molecule has 0 aromatic carbocycles. The van der Waals surface area contributed by atoms with Gasteiger partial charge in [-0.3, -0.25) is 14.7 Å². The van der Waals surface area contributed by atoms with Crippen LogP contribution in [0.15, 0.2) is 18.6 Å². The number of H-pyrrole nitrogens is 1. The van der Waals surface area contributed by atoms with Crippen LogP contribution >= 0.6 is 0 Å². The minimum atomic E-state index is -0.423. The standard InChI is InChI=1S/C18H23N5O3/c1-12-16(18(25)26-3)13(2)21-17(12)14(24)11-22-6-8-23(9-7-22)15-10-19-4-5-20-15/h4-5,10,21H,6-9,11H2,1-3H3. The van der Waals surface area contributed by atoms with Crippen LogP contribution in [0.3, 0.4) is 0 Å². The zero-order chi connectivity index (χ0) is 18.7. The summed E-state index contributed by atoms with van der Waals surface area (Å²) in [6.07, 6.45) is 5.09. The molecule has 138 valence electrons. The van der Waals surface area contributed by atoms with Gasteiger partial charge < -0.3 is 14.6 Å². The Morgan fingerprint density at radius 1 is 1.19 bits per heavy atom. The van der Waals surface area contributed by atoms with Crippen LogP contribution in [0.25, 0.3) is 0 Å². The van der Waals surface area contributed by atoms with Crippen LogP contribution in [0.1, 0.15) is 32.1 Å². The van der Waals surface area contributed by atoms with Gasteiger partial charge in [0, 0.05) is 44.3 Å². The van der Waals surface area contributed by atoms with Gasteiger partial charge in [0.15, 0.2) is 5.78 Å². The number of anilines is 1. The third kappa shape index (κ3) is 3.60. The van der Waals surface area contributed by atoms with Gasteiger partial charge in [0.25, 0.3) is 0 Å². The summed E-state index contributed by atoms with van der Waals surface area (Å²) in [5.74, 6) is 0.415. The first-order valence-corrected chi connectivity index (χ1v) is 8.55. The lowest BCUT2D eigenvalue weighted by Gasteiger charge is -2.34. The molecule has 0 radical (unpaired) electrons. The van der Waals surface area contributed by atoms with Crippen molar-refractivity contribution in [2.75, 3.05) is 44.7 Å². The van der Waals surface area contributed by atoms with Crippen LogP contribution in [0.5, 0.6) is 0 Å². The molecular formula is C18H23N5O3. The number of Topliss-reactive ketones (excluding diaryl/α,β-unsaturated/α-hetero) is 1. The molecule has 0 atom stereocenters. The van der Waals surface area contributed by atoms with Crippen LogP contribution < -0.4 is 4.90 Å². The number of carbonyl (C=O) groups is 2. The Bertz CT molecular complexity index is 795. The highest BCUT2D eigenvalue weighted by Crippen LogP contribution is 2.20. The van der Waals surface area contributed by atoms with Crippen molar-refractivity contribution in [3.05, 3.63) is 41.1 Å². The summed E-state index contributed by atoms with van der Waals surface area (Å²) in [5, 5.41) is 0. The Morgan fingerprint density at radius 2 is 1.92 bits per heavy atom. The number of nitrogens with one attached hydrogen (secondary N) is 1. The summed E-state index contributed by atoms with van der Waals surface area (Å²) >= 11 is 0. The number of aryl methyl sites for hydroxylation is 1. The van der Waals surface area contributed by atoms with E-state index in [-0.39, 0.29) is 5.78 Å². The van der Waals surface area contributed by atoms with Gasteiger partial charge in [-0.1, -0.05) is 0 Å². The Labute approximate surface area is 152 Å². The van der Waals surface area contributed by atoms with Crippen LogP contribution in [-0.4, -0.2) is 71.4 Å². The number of rotatable bonds is 5. The first-order chi connectivity index (χ1) is 12.5. The van der Waals surface area contributed by atoms with Gasteiger partial charge in [0.05, 0.1) is 31.1 Å². The van der Waals surface area contributed by atoms with Gasteiger partial charge in [-0.25, -0.2) is 9.78 Å². The number of aromatic amines is 1. The average molecular weight is 357 g/mol. The maximum atomic E-state index is 12.7. The lowest BCUT2D eigenvalue weighted by molar-refractivity contribution is 0.0599. The Morgan fingerprint density at radius 3 is 2.54 bits per heavy atom. The summed E-state index contributed by atoms with van der Waals surface area (Å²) in [6.45, 7) is 6.99. The molecule has 3 heterocycles. The van der Waals surface area contributed by atoms with Gasteiger partial charge in [-0.15, -0.1) is 0 Å². The van der Waals surface area contributed by atoms with Crippen molar-refractivity contribution in [3.63, 3.8) is 0 Å². The molecular weight excluding hydrogens is 334 g/mol. The van der Waals surface area contributed by atoms with Crippen LogP contribution in [-0.2, 0) is 4.74 Å². The first kappa shape index (κ1) is 18.1. The second-order valence-corrected chi connectivity index (χ2v) is 6.37. The number of hydrogen-bond acceptors (Lipinski definition) is 7. The minimum Gasteiger partial charge on any atom is -0.465 e. The molecule has 1 fully saturated rings. The second-order valence-electron chi connectivity index (χ2n) is 6.37. The van der Waals surface area contributed by atoms with E-state index in [2.05, 4.69) is 24.8 Å². The van der Waals surface area contributed by atoms with E-state index >= 15 is 0 Å². The fourth-order valence-electron chi connectivity index (χ4n) is 3.31. The molecule has 0 amide bonds. The van der Waals surface area contributed by atoms with Gasteiger partial charge in [0.1, 0.15) is 5.82 Å². The largest absolute Gasteiger partial charge is 0.465 e. The molecule has 0 bridgehead atoms. The van der Waals surface area contributed by atoms with E-state index in [1.165, 1.54) is 7.11 Å². The number of piperazine rings is 1. The molecule has 3 rings (SSSR count). The van der Waals surface area contributed by atoms with E-state index in [0.29, 0.717) is 29.1 Å². The molecule has 1 saturated heterocycles. The highest BCUT2D eigenvalue weighted by Gasteiger charge is 2.25. The number of carbonyl (C=O) groups excluding carboxylic acids is 2. The molecule has 26 heavy (non-hydrogen) atoms. The molecule has 1 aliphatic rings. The lowest BCUT2D eigenvalue weighted by Crippen LogP contribution is -2.48. The maximum Gasteiger partial charge on any atom is 0.339 e. The summed E-state index contributed by atoms with van der Waals surface area (Å²) in [6, 6.07) is 0. The SMILES string of the molecule is COC(=O)c1c(C)[nH]c(C(=O)CN2CCN(c3cnccn3)CC2)c1C. The van der Waals surface area contributed by atoms with Crippen molar-refractivity contribution in [3.8, 4) is 0 Å². The van der Waals surface area contributed by atoms with E-state index in [0.717, 1.165) is 32.0 Å². The number of hydrogen-bond donors (Lipinski definition) is 1. The Hall–Kier alpha value is -2.74. The third-order valence-electron chi connectivity index (χ3n) is 4.72. The monoisotopic (exact) mass is 357 g/mol. The zero-order valence-electron chi connectivity index (χ0n) is 15.3. The van der Waals surface area contributed by atoms with Crippen molar-refractivity contribution in [1.29, 1.82) is 0 Å². The van der Waals surface area contributed by atoms with Crippen LogP contribution in [0, 0.1) is 13.8 Å². The summed E-state index contributed by atoms with van der Waals surface area (Å²) < 4.78 is 4.80. The Kier molecular flexibility index (Phi) is 5.32. The number of ketones is 1. The molecule has 0 aliphatic carbocycles. The molecule has 0 spiro atoms. The smallest absolute Gasteiger partial charge is 0.339 e. The predicted octanol–water partition coefficient (Wildman–Crippen LogP) is 1.21. The van der Waals surface area contributed by atoms with E-state index in [1.807, 2.05) is 0 Å². The predicted molar refractivity (Wildman–Crippen MR) is 96.6 cm³/mol. The Balaban J connectivity index is 1.62. The minimum absolute atomic E-state index is 0.0197. The zero-order valence-corrected chi connectivity index (χ0v) is 15.3. The topological polar surface area (TPSA) is 91.4 Å².